The molecule has 5 heterocycles. The predicted molar refractivity (Wildman–Crippen MR) is 148 cm³/mol. The summed E-state index contributed by atoms with van der Waals surface area (Å²) < 4.78 is 5.80. The summed E-state index contributed by atoms with van der Waals surface area (Å²) >= 11 is 14.5. The number of rotatable bonds is 5. The van der Waals surface area contributed by atoms with E-state index in [0.29, 0.717) is 32.2 Å². The molecule has 0 spiro atoms. The summed E-state index contributed by atoms with van der Waals surface area (Å²) in [5, 5.41) is 17.4. The monoisotopic (exact) mass is 576 g/mol. The SMILES string of the molecule is COC1CNC(Cl)CC1C1CC(C)NCC1C(=O)NC1NC2CN(C(=O)C3CCC(Cl)C(C)N3)CC2S1. The van der Waals surface area contributed by atoms with Crippen LogP contribution in [-0.2, 0) is 14.3 Å². The molecular weight excluding hydrogens is 535 g/mol. The van der Waals surface area contributed by atoms with Crippen molar-refractivity contribution >= 4 is 46.8 Å². The number of nitrogens with zero attached hydrogens (tertiary/aromatic N) is 1. The lowest BCUT2D eigenvalue weighted by molar-refractivity contribution is -0.133. The van der Waals surface area contributed by atoms with Crippen LogP contribution in [0.3, 0.4) is 0 Å². The number of thioether (sulfide) groups is 1. The van der Waals surface area contributed by atoms with E-state index in [0.717, 1.165) is 25.7 Å². The molecule has 5 aliphatic heterocycles. The van der Waals surface area contributed by atoms with E-state index in [9.17, 15) is 9.59 Å². The van der Waals surface area contributed by atoms with Gasteiger partial charge in [0.2, 0.25) is 11.8 Å². The Hall–Kier alpha value is -0.330. The van der Waals surface area contributed by atoms with E-state index in [1.165, 1.54) is 0 Å². The molecular formula is C25H42Cl2N6O3S. The number of carbonyl (C=O) groups excluding carboxylic acids is 2. The Balaban J connectivity index is 1.15. The fraction of sp³-hybridized carbons (Fsp3) is 0.920. The first-order valence-corrected chi connectivity index (χ1v) is 15.6. The minimum atomic E-state index is -0.152. The minimum absolute atomic E-state index is 0.0550. The molecule has 5 rings (SSSR count). The summed E-state index contributed by atoms with van der Waals surface area (Å²) in [6.07, 6.45) is 3.42. The molecule has 9 nitrogen and oxygen atoms in total. The summed E-state index contributed by atoms with van der Waals surface area (Å²) in [6.45, 7) is 6.98. The fourth-order valence-corrected chi connectivity index (χ4v) is 8.84. The molecule has 12 unspecified atom stereocenters. The van der Waals surface area contributed by atoms with Gasteiger partial charge in [-0.25, -0.2) is 0 Å². The van der Waals surface area contributed by atoms with Gasteiger partial charge < -0.3 is 25.6 Å². The lowest BCUT2D eigenvalue weighted by atomic mass is 9.70. The zero-order valence-electron chi connectivity index (χ0n) is 21.9. The van der Waals surface area contributed by atoms with Crippen molar-refractivity contribution in [2.45, 2.75) is 91.4 Å². The molecule has 0 aromatic rings. The van der Waals surface area contributed by atoms with Crippen molar-refractivity contribution in [1.82, 2.24) is 31.5 Å². The average Bonchev–Trinajstić information content (AvgIpc) is 3.44. The van der Waals surface area contributed by atoms with E-state index in [4.69, 9.17) is 27.9 Å². The van der Waals surface area contributed by atoms with Crippen molar-refractivity contribution < 1.29 is 14.3 Å². The predicted octanol–water partition coefficient (Wildman–Crippen LogP) is 0.854. The molecule has 0 aliphatic carbocycles. The number of hydrogen-bond donors (Lipinski definition) is 5. The zero-order chi connectivity index (χ0) is 26.3. The number of piperidine rings is 3. The van der Waals surface area contributed by atoms with Gasteiger partial charge in [-0.05, 0) is 51.4 Å². The highest BCUT2D eigenvalue weighted by atomic mass is 35.5. The Kier molecular flexibility index (Phi) is 9.18. The van der Waals surface area contributed by atoms with Crippen molar-refractivity contribution in [1.29, 1.82) is 0 Å². The van der Waals surface area contributed by atoms with Crippen molar-refractivity contribution in [3.63, 3.8) is 0 Å². The van der Waals surface area contributed by atoms with Crippen LogP contribution in [0.1, 0.15) is 39.5 Å². The number of hydrogen-bond acceptors (Lipinski definition) is 8. The number of alkyl halides is 2. The first kappa shape index (κ1) is 28.2. The fourth-order valence-electron chi connectivity index (χ4n) is 6.94. The molecule has 0 saturated carbocycles. The van der Waals surface area contributed by atoms with Crippen LogP contribution in [-0.4, -0.2) is 102 Å². The first-order chi connectivity index (χ1) is 17.7. The third kappa shape index (κ3) is 6.21. The summed E-state index contributed by atoms with van der Waals surface area (Å²) in [5.74, 6) is 0.568. The van der Waals surface area contributed by atoms with Gasteiger partial charge in [0.25, 0.3) is 0 Å². The van der Waals surface area contributed by atoms with E-state index in [1.54, 1.807) is 18.9 Å². The van der Waals surface area contributed by atoms with Gasteiger partial charge >= 0.3 is 0 Å². The zero-order valence-corrected chi connectivity index (χ0v) is 24.2. The number of nitrogens with one attached hydrogen (secondary N) is 5. The maximum Gasteiger partial charge on any atom is 0.239 e. The van der Waals surface area contributed by atoms with E-state index in [2.05, 4.69) is 33.5 Å². The maximum atomic E-state index is 13.6. The van der Waals surface area contributed by atoms with Gasteiger partial charge in [-0.1, -0.05) is 0 Å². The molecule has 0 bridgehead atoms. The number of methoxy groups -OCH3 is 1. The van der Waals surface area contributed by atoms with E-state index in [1.807, 2.05) is 11.8 Å². The highest BCUT2D eigenvalue weighted by Crippen LogP contribution is 2.38. The molecule has 12 heteroatoms. The minimum Gasteiger partial charge on any atom is -0.380 e. The van der Waals surface area contributed by atoms with Crippen molar-refractivity contribution in [2.24, 2.45) is 17.8 Å². The van der Waals surface area contributed by atoms with Crippen LogP contribution < -0.4 is 26.6 Å². The first-order valence-electron chi connectivity index (χ1n) is 13.8. The molecule has 5 saturated heterocycles. The van der Waals surface area contributed by atoms with Crippen molar-refractivity contribution in [2.75, 3.05) is 33.3 Å². The van der Waals surface area contributed by atoms with E-state index >= 15 is 0 Å². The van der Waals surface area contributed by atoms with Crippen LogP contribution in [0, 0.1) is 17.8 Å². The number of fused-ring (bicyclic) bond motifs is 1. The Morgan fingerprint density at radius 1 is 1.03 bits per heavy atom. The van der Waals surface area contributed by atoms with Crippen molar-refractivity contribution in [3.05, 3.63) is 0 Å². The second kappa shape index (κ2) is 12.0. The second-order valence-electron chi connectivity index (χ2n) is 11.5. The lowest BCUT2D eigenvalue weighted by Gasteiger charge is -2.45. The number of carbonyl (C=O) groups is 2. The number of halogens is 2. The van der Waals surface area contributed by atoms with Crippen LogP contribution in [0.15, 0.2) is 0 Å². The Labute approximate surface area is 234 Å². The number of ether oxygens (including phenoxy) is 1. The molecule has 5 fully saturated rings. The van der Waals surface area contributed by atoms with E-state index in [-0.39, 0.29) is 75.4 Å². The molecule has 5 N–H and O–H groups in total. The Morgan fingerprint density at radius 2 is 1.84 bits per heavy atom. The number of likely N-dealkylation sites (tertiary alicyclic amines) is 1. The summed E-state index contributed by atoms with van der Waals surface area (Å²) in [4.78, 5) is 28.7. The maximum absolute atomic E-state index is 13.6. The normalized spacial score (nSPS) is 46.5. The highest BCUT2D eigenvalue weighted by molar-refractivity contribution is 8.00. The summed E-state index contributed by atoms with van der Waals surface area (Å²) in [5.41, 5.74) is -0.234. The van der Waals surface area contributed by atoms with Crippen LogP contribution in [0.5, 0.6) is 0 Å². The van der Waals surface area contributed by atoms with Crippen LogP contribution in [0.2, 0.25) is 0 Å². The quantitative estimate of drug-likeness (QED) is 0.242. The van der Waals surface area contributed by atoms with Crippen LogP contribution >= 0.6 is 35.0 Å². The van der Waals surface area contributed by atoms with Gasteiger partial charge in [0.1, 0.15) is 5.50 Å². The molecule has 37 heavy (non-hydrogen) atoms. The lowest BCUT2D eigenvalue weighted by Crippen LogP contribution is -2.57. The van der Waals surface area contributed by atoms with Gasteiger partial charge in [-0.3, -0.25) is 20.2 Å². The smallest absolute Gasteiger partial charge is 0.239 e. The Bertz CT molecular complexity index is 830. The molecule has 0 aromatic heterocycles. The standard InChI is InChI=1S/C25H42Cl2N6O3S/c1-12-6-14(15-7-22(27)29-9-20(15)36-3)16(8-28-12)23(34)32-25-31-19-10-33(11-21(19)37-25)24(35)18-5-4-17(26)13(2)30-18/h12-22,25,28-31H,4-11H2,1-3H3,(H,32,34). The highest BCUT2D eigenvalue weighted by Gasteiger charge is 2.47. The molecule has 5 aliphatic rings. The Morgan fingerprint density at radius 3 is 2.57 bits per heavy atom. The average molecular weight is 578 g/mol. The van der Waals surface area contributed by atoms with Crippen LogP contribution in [0.4, 0.5) is 0 Å². The third-order valence-electron chi connectivity index (χ3n) is 9.08. The van der Waals surface area contributed by atoms with Gasteiger partial charge in [0, 0.05) is 62.0 Å². The van der Waals surface area contributed by atoms with Crippen molar-refractivity contribution in [3.8, 4) is 0 Å². The van der Waals surface area contributed by atoms with Gasteiger partial charge in [-0.2, -0.15) is 0 Å². The molecule has 210 valence electrons. The molecule has 2 amide bonds. The summed E-state index contributed by atoms with van der Waals surface area (Å²) in [7, 11) is 1.75. The second-order valence-corrected chi connectivity index (χ2v) is 14.0. The van der Waals surface area contributed by atoms with Gasteiger partial charge in [0.15, 0.2) is 0 Å². The largest absolute Gasteiger partial charge is 0.380 e. The third-order valence-corrected chi connectivity index (χ3v) is 11.4. The van der Waals surface area contributed by atoms with Crippen LogP contribution in [0.25, 0.3) is 0 Å². The van der Waals surface area contributed by atoms with Gasteiger partial charge in [0.05, 0.1) is 23.6 Å². The number of amides is 2. The topological polar surface area (TPSA) is 107 Å². The van der Waals surface area contributed by atoms with Gasteiger partial charge in [-0.15, -0.1) is 35.0 Å². The molecule has 0 radical (unpaired) electrons. The molecule has 12 atom stereocenters. The van der Waals surface area contributed by atoms with E-state index < -0.39 is 0 Å². The molecule has 0 aromatic carbocycles. The summed E-state index contributed by atoms with van der Waals surface area (Å²) in [6, 6.07) is 0.523.